The van der Waals surface area contributed by atoms with E-state index >= 15 is 0 Å². The topological polar surface area (TPSA) is 83.5 Å². The minimum atomic E-state index is -3.82. The van der Waals surface area contributed by atoms with Crippen LogP contribution < -0.4 is 4.72 Å². The van der Waals surface area contributed by atoms with E-state index in [-0.39, 0.29) is 4.90 Å². The summed E-state index contributed by atoms with van der Waals surface area (Å²) in [6, 6.07) is 2.77. The molecule has 0 spiro atoms. The summed E-state index contributed by atoms with van der Waals surface area (Å²) < 4.78 is 40.0. The molecule has 0 aromatic heterocycles. The van der Waals surface area contributed by atoms with Crippen molar-refractivity contribution in [2.45, 2.75) is 17.7 Å². The molecule has 0 amide bonds. The smallest absolute Gasteiger partial charge is 0.338 e. The number of sulfonamides is 1. The largest absolute Gasteiger partial charge is 0.478 e. The Morgan fingerprint density at radius 2 is 2.05 bits per heavy atom. The highest BCUT2D eigenvalue weighted by molar-refractivity contribution is 7.99. The van der Waals surface area contributed by atoms with Crippen LogP contribution in [-0.2, 0) is 10.0 Å². The predicted octanol–water partition coefficient (Wildman–Crippen LogP) is 1.95. The van der Waals surface area contributed by atoms with Gasteiger partial charge in [-0.1, -0.05) is 0 Å². The van der Waals surface area contributed by atoms with E-state index in [1.807, 2.05) is 11.8 Å². The van der Waals surface area contributed by atoms with Crippen LogP contribution in [-0.4, -0.2) is 37.5 Å². The summed E-state index contributed by atoms with van der Waals surface area (Å²) in [4.78, 5) is 10.6. The lowest BCUT2D eigenvalue weighted by Gasteiger charge is -2.21. The summed E-state index contributed by atoms with van der Waals surface area (Å²) >= 11 is 1.85. The minimum Gasteiger partial charge on any atom is -0.478 e. The number of carbonyl (C=O) groups is 1. The van der Waals surface area contributed by atoms with Crippen LogP contribution in [0.5, 0.6) is 0 Å². The van der Waals surface area contributed by atoms with Gasteiger partial charge in [0.25, 0.3) is 0 Å². The van der Waals surface area contributed by atoms with Crippen molar-refractivity contribution in [1.29, 1.82) is 0 Å². The van der Waals surface area contributed by atoms with Gasteiger partial charge in [0.15, 0.2) is 0 Å². The summed E-state index contributed by atoms with van der Waals surface area (Å²) in [6.07, 6.45) is 1.91. The first-order chi connectivity index (χ1) is 9.90. The zero-order valence-electron chi connectivity index (χ0n) is 11.2. The van der Waals surface area contributed by atoms with Gasteiger partial charge in [-0.25, -0.2) is 22.3 Å². The monoisotopic (exact) mass is 333 g/mol. The summed E-state index contributed by atoms with van der Waals surface area (Å²) in [5, 5.41) is 8.83. The molecule has 2 N–H and O–H groups in total. The highest BCUT2D eigenvalue weighted by Gasteiger charge is 2.21. The van der Waals surface area contributed by atoms with Gasteiger partial charge in [-0.3, -0.25) is 0 Å². The molecule has 1 heterocycles. The Balaban J connectivity index is 2.11. The average molecular weight is 333 g/mol. The SMILES string of the molecule is O=C(O)c1cc(S(=O)(=O)NCC2CCSCC2)ccc1F. The lowest BCUT2D eigenvalue weighted by molar-refractivity contribution is 0.0691. The van der Waals surface area contributed by atoms with Crippen molar-refractivity contribution in [2.24, 2.45) is 5.92 Å². The van der Waals surface area contributed by atoms with Crippen molar-refractivity contribution >= 4 is 27.8 Å². The van der Waals surface area contributed by atoms with Crippen LogP contribution in [0.4, 0.5) is 4.39 Å². The molecule has 0 bridgehead atoms. The number of carboxylic acid groups (broad SMARTS) is 1. The lowest BCUT2D eigenvalue weighted by Crippen LogP contribution is -2.31. The first kappa shape index (κ1) is 16.3. The number of thioether (sulfide) groups is 1. The Morgan fingerprint density at radius 3 is 2.67 bits per heavy atom. The highest BCUT2D eigenvalue weighted by Crippen LogP contribution is 2.22. The Labute approximate surface area is 127 Å². The quantitative estimate of drug-likeness (QED) is 0.860. The van der Waals surface area contributed by atoms with Crippen LogP contribution in [0.1, 0.15) is 23.2 Å². The van der Waals surface area contributed by atoms with Crippen LogP contribution >= 0.6 is 11.8 Å². The molecule has 0 saturated carbocycles. The first-order valence-electron chi connectivity index (χ1n) is 6.50. The molecule has 116 valence electrons. The van der Waals surface area contributed by atoms with Crippen molar-refractivity contribution in [3.63, 3.8) is 0 Å². The molecule has 0 atom stereocenters. The number of benzene rings is 1. The van der Waals surface area contributed by atoms with E-state index in [0.29, 0.717) is 12.5 Å². The number of carboxylic acids is 1. The molecular weight excluding hydrogens is 317 g/mol. The Bertz CT molecular complexity index is 627. The molecule has 0 unspecified atom stereocenters. The number of rotatable bonds is 5. The maximum Gasteiger partial charge on any atom is 0.338 e. The van der Waals surface area contributed by atoms with Crippen LogP contribution in [0.25, 0.3) is 0 Å². The molecule has 21 heavy (non-hydrogen) atoms. The minimum absolute atomic E-state index is 0.230. The van der Waals surface area contributed by atoms with E-state index in [9.17, 15) is 17.6 Å². The van der Waals surface area contributed by atoms with Crippen molar-refractivity contribution in [2.75, 3.05) is 18.1 Å². The van der Waals surface area contributed by atoms with E-state index in [2.05, 4.69) is 4.72 Å². The third-order valence-corrected chi connectivity index (χ3v) is 5.85. The Hall–Kier alpha value is -1.12. The van der Waals surface area contributed by atoms with Crippen LogP contribution in [0.3, 0.4) is 0 Å². The number of aromatic carboxylic acids is 1. The Kier molecular flexibility index (Phi) is 5.23. The molecular formula is C13H16FNO4S2. The molecule has 1 aromatic carbocycles. The van der Waals surface area contributed by atoms with Crippen molar-refractivity contribution in [1.82, 2.24) is 4.72 Å². The second-order valence-electron chi connectivity index (χ2n) is 4.85. The van der Waals surface area contributed by atoms with Gasteiger partial charge in [0, 0.05) is 6.54 Å². The normalized spacial score (nSPS) is 16.8. The zero-order valence-corrected chi connectivity index (χ0v) is 12.8. The van der Waals surface area contributed by atoms with E-state index in [1.54, 1.807) is 0 Å². The first-order valence-corrected chi connectivity index (χ1v) is 9.14. The average Bonchev–Trinajstić information content (AvgIpc) is 2.46. The molecule has 8 heteroatoms. The summed E-state index contributed by atoms with van der Waals surface area (Å²) in [7, 11) is -3.82. The van der Waals surface area contributed by atoms with Gasteiger partial charge in [-0.05, 0) is 48.5 Å². The van der Waals surface area contributed by atoms with Gasteiger partial charge >= 0.3 is 5.97 Å². The number of halogens is 1. The second kappa shape index (κ2) is 6.76. The van der Waals surface area contributed by atoms with Crippen molar-refractivity contribution in [3.8, 4) is 0 Å². The van der Waals surface area contributed by atoms with Crippen molar-refractivity contribution < 1.29 is 22.7 Å². The zero-order chi connectivity index (χ0) is 15.5. The second-order valence-corrected chi connectivity index (χ2v) is 7.85. The third kappa shape index (κ3) is 4.18. The molecule has 2 rings (SSSR count). The molecule has 1 fully saturated rings. The van der Waals surface area contributed by atoms with Crippen LogP contribution in [0, 0.1) is 11.7 Å². The fourth-order valence-corrected chi connectivity index (χ4v) is 4.44. The van der Waals surface area contributed by atoms with Crippen LogP contribution in [0.2, 0.25) is 0 Å². The van der Waals surface area contributed by atoms with Crippen LogP contribution in [0.15, 0.2) is 23.1 Å². The van der Waals surface area contributed by atoms with Gasteiger partial charge in [0.05, 0.1) is 10.5 Å². The van der Waals surface area contributed by atoms with E-state index in [1.165, 1.54) is 0 Å². The standard InChI is InChI=1S/C13H16FNO4S2/c14-12-2-1-10(7-11(12)13(16)17)21(18,19)15-8-9-3-5-20-6-4-9/h1-2,7,9,15H,3-6,8H2,(H,16,17). The summed E-state index contributed by atoms with van der Waals surface area (Å²) in [5.41, 5.74) is -0.646. The summed E-state index contributed by atoms with van der Waals surface area (Å²) in [5.74, 6) is -0.113. The molecule has 1 saturated heterocycles. The fourth-order valence-electron chi connectivity index (χ4n) is 2.10. The van der Waals surface area contributed by atoms with E-state index in [4.69, 9.17) is 5.11 Å². The van der Waals surface area contributed by atoms with Gasteiger partial charge in [-0.15, -0.1) is 0 Å². The summed E-state index contributed by atoms with van der Waals surface area (Å²) in [6.45, 7) is 0.322. The number of hydrogen-bond donors (Lipinski definition) is 2. The fraction of sp³-hybridized carbons (Fsp3) is 0.462. The molecule has 1 aliphatic heterocycles. The predicted molar refractivity (Wildman–Crippen MR) is 78.6 cm³/mol. The Morgan fingerprint density at radius 1 is 1.38 bits per heavy atom. The maximum absolute atomic E-state index is 13.3. The van der Waals surface area contributed by atoms with E-state index in [0.717, 1.165) is 42.5 Å². The molecule has 0 aliphatic carbocycles. The van der Waals surface area contributed by atoms with Gasteiger partial charge in [0.2, 0.25) is 10.0 Å². The van der Waals surface area contributed by atoms with Gasteiger partial charge < -0.3 is 5.11 Å². The third-order valence-electron chi connectivity index (χ3n) is 3.38. The lowest BCUT2D eigenvalue weighted by atomic mass is 10.0. The molecule has 1 aromatic rings. The highest BCUT2D eigenvalue weighted by atomic mass is 32.2. The molecule has 1 aliphatic rings. The maximum atomic E-state index is 13.3. The molecule has 0 radical (unpaired) electrons. The van der Waals surface area contributed by atoms with Gasteiger partial charge in [-0.2, -0.15) is 11.8 Å². The number of hydrogen-bond acceptors (Lipinski definition) is 4. The van der Waals surface area contributed by atoms with Gasteiger partial charge in [0.1, 0.15) is 5.82 Å². The van der Waals surface area contributed by atoms with E-state index < -0.39 is 27.4 Å². The number of nitrogens with one attached hydrogen (secondary N) is 1. The van der Waals surface area contributed by atoms with Crippen molar-refractivity contribution in [3.05, 3.63) is 29.6 Å². The molecule has 5 nitrogen and oxygen atoms in total.